The van der Waals surface area contributed by atoms with Gasteiger partial charge in [-0.2, -0.15) is 0 Å². The van der Waals surface area contributed by atoms with E-state index >= 15 is 0 Å². The molecule has 0 bridgehead atoms. The van der Waals surface area contributed by atoms with Crippen LogP contribution >= 0.6 is 0 Å². The molecular weight excluding hydrogens is 484 g/mol. The summed E-state index contributed by atoms with van der Waals surface area (Å²) in [5.74, 6) is 0. The van der Waals surface area contributed by atoms with Crippen molar-refractivity contribution >= 4 is 0 Å². The smallest absolute Gasteiger partial charge is 0.189 e. The van der Waals surface area contributed by atoms with Crippen molar-refractivity contribution in [3.63, 3.8) is 0 Å². The summed E-state index contributed by atoms with van der Waals surface area (Å²) in [6.45, 7) is -2.49. The Morgan fingerprint density at radius 3 is 2.11 bits per heavy atom. The van der Waals surface area contributed by atoms with E-state index in [4.69, 9.17) is 28.8 Å². The van der Waals surface area contributed by atoms with E-state index in [0.29, 0.717) is 0 Å². The predicted octanol–water partition coefficient (Wildman–Crippen LogP) is -6.93. The number of rotatable bonds is 12. The van der Waals surface area contributed by atoms with Crippen LogP contribution in [0.5, 0.6) is 0 Å². The normalized spacial score (nSPS) is 40.6. The van der Waals surface area contributed by atoms with E-state index in [2.05, 4.69) is 0 Å². The van der Waals surface area contributed by atoms with Gasteiger partial charge in [-0.05, 0) is 6.92 Å². The highest BCUT2D eigenvalue weighted by Crippen LogP contribution is 2.28. The Morgan fingerprint density at radius 1 is 0.886 bits per heavy atom. The molecule has 0 aromatic carbocycles. The Morgan fingerprint density at radius 2 is 1.54 bits per heavy atom. The molecule has 16 nitrogen and oxygen atoms in total. The molecule has 0 spiro atoms. The zero-order valence-electron chi connectivity index (χ0n) is 18.9. The van der Waals surface area contributed by atoms with Crippen molar-refractivity contribution in [1.82, 2.24) is 0 Å². The monoisotopic (exact) mass is 520 g/mol. The molecule has 2 saturated heterocycles. The summed E-state index contributed by atoms with van der Waals surface area (Å²) in [5, 5.41) is 108. The maximum atomic E-state index is 10.6. The number of aliphatic hydroxyl groups is 11. The Hall–Kier alpha value is -0.640. The lowest BCUT2D eigenvalue weighted by Crippen LogP contribution is -2.62. The van der Waals surface area contributed by atoms with E-state index in [9.17, 15) is 51.1 Å². The number of hydrogen-bond donors (Lipinski definition) is 11. The van der Waals surface area contributed by atoms with Gasteiger partial charge in [-0.15, -0.1) is 0 Å². The average Bonchev–Trinajstić information content (AvgIpc) is 2.85. The van der Waals surface area contributed by atoms with E-state index < -0.39 is 112 Å². The fraction of sp³-hybridized carbons (Fsp3) is 1.00. The molecule has 2 fully saturated rings. The second kappa shape index (κ2) is 13.2. The molecule has 0 amide bonds. The van der Waals surface area contributed by atoms with Crippen molar-refractivity contribution in [2.75, 3.05) is 33.2 Å². The first-order valence-corrected chi connectivity index (χ1v) is 10.9. The fourth-order valence-corrected chi connectivity index (χ4v) is 3.62. The van der Waals surface area contributed by atoms with Crippen LogP contribution in [0.3, 0.4) is 0 Å². The SMILES string of the molecule is C[C@@](CO)(O[C@H]1OC[C@@H](O)C(OCO[C@H]2OC(CO)[C@H](O)C(O)C2O)C1O)C(O)[C@H](O)[C@H](O)CO. The quantitative estimate of drug-likeness (QED) is 0.107. The Kier molecular flexibility index (Phi) is 11.6. The third-order valence-electron chi connectivity index (χ3n) is 6.00. The first kappa shape index (κ1) is 30.6. The molecule has 0 aromatic heterocycles. The molecule has 208 valence electrons. The minimum absolute atomic E-state index is 0.439. The summed E-state index contributed by atoms with van der Waals surface area (Å²) in [4.78, 5) is 0. The van der Waals surface area contributed by atoms with Gasteiger partial charge < -0.3 is 79.9 Å². The van der Waals surface area contributed by atoms with Gasteiger partial charge in [0.2, 0.25) is 0 Å². The molecule has 13 atom stereocenters. The summed E-state index contributed by atoms with van der Waals surface area (Å²) >= 11 is 0. The predicted molar refractivity (Wildman–Crippen MR) is 108 cm³/mol. The van der Waals surface area contributed by atoms with Gasteiger partial charge in [0.15, 0.2) is 19.4 Å². The van der Waals surface area contributed by atoms with Gasteiger partial charge in [0.1, 0.15) is 66.6 Å². The van der Waals surface area contributed by atoms with Crippen LogP contribution in [0.1, 0.15) is 6.92 Å². The zero-order valence-corrected chi connectivity index (χ0v) is 18.9. The number of ether oxygens (including phenoxy) is 5. The summed E-state index contributed by atoms with van der Waals surface area (Å²) in [6.07, 6.45) is -19.5. The van der Waals surface area contributed by atoms with Crippen molar-refractivity contribution in [2.45, 2.75) is 86.1 Å². The molecule has 16 heteroatoms. The highest BCUT2D eigenvalue weighted by Gasteiger charge is 2.48. The first-order valence-electron chi connectivity index (χ1n) is 10.9. The van der Waals surface area contributed by atoms with Crippen LogP contribution in [0.4, 0.5) is 0 Å². The lowest BCUT2D eigenvalue weighted by atomic mass is 9.92. The Balaban J connectivity index is 1.99. The Labute approximate surface area is 200 Å². The third-order valence-corrected chi connectivity index (χ3v) is 6.00. The van der Waals surface area contributed by atoms with Crippen LogP contribution in [-0.4, -0.2) is 169 Å². The van der Waals surface area contributed by atoms with Gasteiger partial charge in [-0.1, -0.05) is 0 Å². The highest BCUT2D eigenvalue weighted by atomic mass is 16.8. The van der Waals surface area contributed by atoms with Crippen LogP contribution in [0.25, 0.3) is 0 Å². The molecule has 2 heterocycles. The largest absolute Gasteiger partial charge is 0.394 e. The number of hydrogen-bond acceptors (Lipinski definition) is 16. The lowest BCUT2D eigenvalue weighted by molar-refractivity contribution is -0.347. The van der Waals surface area contributed by atoms with Crippen molar-refractivity contribution in [3.8, 4) is 0 Å². The highest BCUT2D eigenvalue weighted by molar-refractivity contribution is 4.94. The molecule has 2 rings (SSSR count). The molecule has 0 radical (unpaired) electrons. The minimum Gasteiger partial charge on any atom is -0.394 e. The van der Waals surface area contributed by atoms with Gasteiger partial charge in [0, 0.05) is 0 Å². The maximum Gasteiger partial charge on any atom is 0.189 e. The van der Waals surface area contributed by atoms with Gasteiger partial charge in [0.05, 0.1) is 26.4 Å². The first-order chi connectivity index (χ1) is 16.4. The molecule has 11 N–H and O–H groups in total. The van der Waals surface area contributed by atoms with Crippen LogP contribution in [0, 0.1) is 0 Å². The summed E-state index contributed by atoms with van der Waals surface area (Å²) in [7, 11) is 0. The van der Waals surface area contributed by atoms with E-state index in [1.807, 2.05) is 0 Å². The van der Waals surface area contributed by atoms with E-state index in [1.54, 1.807) is 0 Å². The van der Waals surface area contributed by atoms with E-state index in [-0.39, 0.29) is 0 Å². The molecule has 0 aliphatic carbocycles. The van der Waals surface area contributed by atoms with Crippen LogP contribution < -0.4 is 0 Å². The zero-order chi connectivity index (χ0) is 26.5. The molecule has 0 aromatic rings. The third kappa shape index (κ3) is 7.02. The van der Waals surface area contributed by atoms with Gasteiger partial charge in [-0.25, -0.2) is 0 Å². The average molecular weight is 520 g/mol. The fourth-order valence-electron chi connectivity index (χ4n) is 3.62. The van der Waals surface area contributed by atoms with Gasteiger partial charge >= 0.3 is 0 Å². The van der Waals surface area contributed by atoms with E-state index in [1.165, 1.54) is 0 Å². The lowest BCUT2D eigenvalue weighted by Gasteiger charge is -2.44. The van der Waals surface area contributed by atoms with Crippen LogP contribution in [0.15, 0.2) is 0 Å². The topological polar surface area (TPSA) is 269 Å². The summed E-state index contributed by atoms with van der Waals surface area (Å²) < 4.78 is 26.3. The van der Waals surface area contributed by atoms with Gasteiger partial charge in [-0.3, -0.25) is 0 Å². The Bertz CT molecular complexity index is 626. The summed E-state index contributed by atoms with van der Waals surface area (Å²) in [5.41, 5.74) is -2.00. The standard InChI is InChI=1S/C19H36O16/c1-19(5-22,16(30)10(25)7(23)2-20)35-18-14(29)15(8(24)4-31-18)32-6-33-17-13(28)12(27)11(26)9(3-21)34-17/h7-18,20-30H,2-6H2,1H3/t7-,8-,9?,10-,11+,12?,13?,14?,15?,16?,17+,18-,19+/m1/s1. The molecule has 6 unspecified atom stereocenters. The molecule has 0 saturated carbocycles. The van der Waals surface area contributed by atoms with Crippen LogP contribution in [-0.2, 0) is 23.7 Å². The van der Waals surface area contributed by atoms with Crippen molar-refractivity contribution in [2.24, 2.45) is 0 Å². The van der Waals surface area contributed by atoms with Crippen molar-refractivity contribution < 1.29 is 79.9 Å². The second-order valence-corrected chi connectivity index (χ2v) is 8.65. The molecular formula is C19H36O16. The molecule has 35 heavy (non-hydrogen) atoms. The maximum absolute atomic E-state index is 10.6. The molecule has 2 aliphatic heterocycles. The second-order valence-electron chi connectivity index (χ2n) is 8.65. The van der Waals surface area contributed by atoms with E-state index in [0.717, 1.165) is 6.92 Å². The molecule has 2 aliphatic rings. The van der Waals surface area contributed by atoms with Crippen LogP contribution in [0.2, 0.25) is 0 Å². The van der Waals surface area contributed by atoms with Gasteiger partial charge in [0.25, 0.3) is 0 Å². The number of aliphatic hydroxyl groups excluding tert-OH is 11. The minimum atomic E-state index is -2.00. The summed E-state index contributed by atoms with van der Waals surface area (Å²) in [6, 6.07) is 0. The van der Waals surface area contributed by atoms with Crippen molar-refractivity contribution in [3.05, 3.63) is 0 Å². The van der Waals surface area contributed by atoms with Crippen molar-refractivity contribution in [1.29, 1.82) is 0 Å².